The topological polar surface area (TPSA) is 56.0 Å². The van der Waals surface area contributed by atoms with E-state index in [1.54, 1.807) is 6.07 Å². The highest BCUT2D eigenvalue weighted by Crippen LogP contribution is 2.39. The molecule has 3 nitrogen and oxygen atoms in total. The number of nitrogens with zero attached hydrogens (tertiary/aromatic N) is 1. The molecule has 1 amide bonds. The number of hydrogen-bond acceptors (Lipinski definition) is 2. The van der Waals surface area contributed by atoms with Gasteiger partial charge in [-0.05, 0) is 37.5 Å². The van der Waals surface area contributed by atoms with Gasteiger partial charge in [-0.15, -0.1) is 24.0 Å². The number of halogens is 1. The first-order valence-electron chi connectivity index (χ1n) is 4.45. The molecule has 78 valence electrons. The molecule has 4 heteroatoms. The lowest BCUT2D eigenvalue weighted by atomic mass is 10.1. The van der Waals surface area contributed by atoms with Crippen LogP contribution in [0, 0.1) is 6.92 Å². The van der Waals surface area contributed by atoms with Crippen LogP contribution < -0.4 is 5.73 Å². The number of aryl methyl sites for hydroxylation is 1. The van der Waals surface area contributed by atoms with Crippen LogP contribution in [0.3, 0.4) is 0 Å². The number of rotatable bonds is 2. The predicted octanol–water partition coefficient (Wildman–Crippen LogP) is 2.23. The Morgan fingerprint density at radius 2 is 2.21 bits per heavy atom. The van der Waals surface area contributed by atoms with E-state index < -0.39 is 5.91 Å². The Hall–Kier alpha value is -0.650. The average molecular weight is 306 g/mol. The first-order chi connectivity index (χ1) is 6.16. The minimum Gasteiger partial charge on any atom is -0.364 e. The predicted molar refractivity (Wildman–Crippen MR) is 67.0 cm³/mol. The second kappa shape index (κ2) is 4.25. The molecule has 0 aliphatic heterocycles. The summed E-state index contributed by atoms with van der Waals surface area (Å²) in [4.78, 5) is 15.1. The number of amides is 1. The first-order valence-corrected chi connectivity index (χ1v) is 4.45. The van der Waals surface area contributed by atoms with E-state index in [1.165, 1.54) is 12.8 Å². The van der Waals surface area contributed by atoms with Crippen LogP contribution in [0.25, 0.3) is 0 Å². The van der Waals surface area contributed by atoms with E-state index in [2.05, 4.69) is 4.98 Å². The fraction of sp³-hybridized carbons (Fsp3) is 0.400. The van der Waals surface area contributed by atoms with Crippen LogP contribution in [0.5, 0.6) is 0 Å². The lowest BCUT2D eigenvalue weighted by Crippen LogP contribution is -2.14. The fourth-order valence-corrected chi connectivity index (χ4v) is 1.41. The van der Waals surface area contributed by atoms with Gasteiger partial charge in [0.2, 0.25) is 0 Å². The van der Waals surface area contributed by atoms with Gasteiger partial charge in [-0.1, -0.05) is 0 Å². The van der Waals surface area contributed by atoms with E-state index in [-0.39, 0.29) is 25.4 Å². The molecule has 1 aromatic heterocycles. The van der Waals surface area contributed by atoms with Crippen molar-refractivity contribution in [2.75, 3.05) is 0 Å². The summed E-state index contributed by atoms with van der Waals surface area (Å²) in [5, 5.41) is 0. The fourth-order valence-electron chi connectivity index (χ4n) is 1.41. The molecule has 1 heterocycles. The number of pyridine rings is 1. The summed E-state index contributed by atoms with van der Waals surface area (Å²) >= 11 is 0. The van der Waals surface area contributed by atoms with Crippen molar-refractivity contribution in [1.29, 1.82) is 0 Å². The number of primary amides is 1. The molecule has 1 fully saturated rings. The lowest BCUT2D eigenvalue weighted by Gasteiger charge is -2.02. The number of nitrogens with two attached hydrogens (primary N) is 1. The van der Waals surface area contributed by atoms with Crippen molar-refractivity contribution >= 4 is 29.9 Å². The Labute approximate surface area is 102 Å². The third kappa shape index (κ3) is 2.43. The molecular formula is C10H15IN2O. The summed E-state index contributed by atoms with van der Waals surface area (Å²) in [6, 6.07) is 3.76. The van der Waals surface area contributed by atoms with E-state index in [4.69, 9.17) is 5.73 Å². The zero-order chi connectivity index (χ0) is 9.42. The van der Waals surface area contributed by atoms with Crippen molar-refractivity contribution < 1.29 is 6.22 Å². The van der Waals surface area contributed by atoms with Crippen LogP contribution in [-0.2, 0) is 0 Å². The minimum atomic E-state index is -0.439. The number of hydrogen-bond donors (Lipinski definition) is 1. The van der Waals surface area contributed by atoms with Gasteiger partial charge in [0.15, 0.2) is 0 Å². The van der Waals surface area contributed by atoms with Gasteiger partial charge in [-0.3, -0.25) is 4.79 Å². The lowest BCUT2D eigenvalue weighted by molar-refractivity contribution is 0.0995. The monoisotopic (exact) mass is 306 g/mol. The van der Waals surface area contributed by atoms with E-state index in [9.17, 15) is 4.79 Å². The molecule has 1 aliphatic rings. The highest BCUT2D eigenvalue weighted by atomic mass is 127. The van der Waals surface area contributed by atoms with Crippen molar-refractivity contribution in [3.8, 4) is 0 Å². The number of carbonyl (C=O) groups excluding carboxylic acids is 1. The van der Waals surface area contributed by atoms with Gasteiger partial charge in [0.05, 0.1) is 0 Å². The first kappa shape index (κ1) is 11.4. The molecule has 1 aliphatic carbocycles. The maximum absolute atomic E-state index is 10.9. The molecule has 0 aromatic carbocycles. The molecule has 0 atom stereocenters. The largest absolute Gasteiger partial charge is 0.364 e. The maximum Gasteiger partial charge on any atom is 0.267 e. The zero-order valence-electron chi connectivity index (χ0n) is 7.99. The van der Waals surface area contributed by atoms with Gasteiger partial charge in [0, 0.05) is 13.0 Å². The second-order valence-electron chi connectivity index (χ2n) is 3.59. The Bertz CT molecular complexity index is 366. The summed E-state index contributed by atoms with van der Waals surface area (Å²) < 4.78 is 0. The molecule has 2 N–H and O–H groups in total. The van der Waals surface area contributed by atoms with Crippen molar-refractivity contribution in [2.45, 2.75) is 25.7 Å². The third-order valence-electron chi connectivity index (χ3n) is 2.24. The second-order valence-corrected chi connectivity index (χ2v) is 3.59. The summed E-state index contributed by atoms with van der Waals surface area (Å²) in [6.07, 6.45) is 2.38. The van der Waals surface area contributed by atoms with Crippen LogP contribution in [0.4, 0.5) is 0 Å². The Balaban J connectivity index is 0.000000980. The standard InChI is InChI=1S/C10H12N2O.HI.H2/c1-6-4-8(7-2-3-7)12-9(5-6)10(11)13;;/h4-5,7H,2-3H2,1H3,(H2,11,13);2*1H. The third-order valence-corrected chi connectivity index (χ3v) is 2.24. The smallest absolute Gasteiger partial charge is 0.267 e. The van der Waals surface area contributed by atoms with Gasteiger partial charge < -0.3 is 5.73 Å². The highest BCUT2D eigenvalue weighted by Gasteiger charge is 2.25. The summed E-state index contributed by atoms with van der Waals surface area (Å²) in [5.74, 6) is 0.128. The molecule has 14 heavy (non-hydrogen) atoms. The van der Waals surface area contributed by atoms with Gasteiger partial charge in [-0.25, -0.2) is 4.98 Å². The van der Waals surface area contributed by atoms with Crippen LogP contribution in [0.15, 0.2) is 12.1 Å². The van der Waals surface area contributed by atoms with Gasteiger partial charge in [0.1, 0.15) is 5.69 Å². The molecule has 0 saturated heterocycles. The summed E-state index contributed by atoms with van der Waals surface area (Å²) in [6.45, 7) is 1.96. The van der Waals surface area contributed by atoms with Gasteiger partial charge in [-0.2, -0.15) is 0 Å². The average Bonchev–Trinajstić information content (AvgIpc) is 2.85. The van der Waals surface area contributed by atoms with Crippen LogP contribution in [0.1, 0.15) is 41.9 Å². The zero-order valence-corrected chi connectivity index (χ0v) is 10.3. The van der Waals surface area contributed by atoms with E-state index in [1.807, 2.05) is 13.0 Å². The van der Waals surface area contributed by atoms with Crippen LogP contribution in [0.2, 0.25) is 0 Å². The Morgan fingerprint density at radius 1 is 1.57 bits per heavy atom. The van der Waals surface area contributed by atoms with Crippen molar-refractivity contribution in [1.82, 2.24) is 4.98 Å². The van der Waals surface area contributed by atoms with Crippen molar-refractivity contribution in [2.24, 2.45) is 5.73 Å². The summed E-state index contributed by atoms with van der Waals surface area (Å²) in [7, 11) is 0. The van der Waals surface area contributed by atoms with Gasteiger partial charge >= 0.3 is 0 Å². The number of aromatic nitrogens is 1. The van der Waals surface area contributed by atoms with E-state index >= 15 is 0 Å². The van der Waals surface area contributed by atoms with E-state index in [0.29, 0.717) is 11.6 Å². The number of carbonyl (C=O) groups is 1. The molecule has 0 bridgehead atoms. The Morgan fingerprint density at radius 3 is 2.71 bits per heavy atom. The van der Waals surface area contributed by atoms with Crippen molar-refractivity contribution in [3.63, 3.8) is 0 Å². The molecule has 0 spiro atoms. The van der Waals surface area contributed by atoms with E-state index in [0.717, 1.165) is 11.3 Å². The molecule has 1 saturated carbocycles. The molecule has 0 radical (unpaired) electrons. The quantitative estimate of drug-likeness (QED) is 0.852. The normalized spacial score (nSPS) is 14.6. The highest BCUT2D eigenvalue weighted by molar-refractivity contribution is 14.0. The van der Waals surface area contributed by atoms with Gasteiger partial charge in [0.25, 0.3) is 5.91 Å². The minimum absolute atomic E-state index is 0. The summed E-state index contributed by atoms with van der Waals surface area (Å²) in [5.41, 5.74) is 7.64. The molecule has 2 rings (SSSR count). The van der Waals surface area contributed by atoms with Crippen LogP contribution in [-0.4, -0.2) is 10.9 Å². The molecular weight excluding hydrogens is 291 g/mol. The van der Waals surface area contributed by atoms with Crippen molar-refractivity contribution in [3.05, 3.63) is 29.1 Å². The van der Waals surface area contributed by atoms with Crippen LogP contribution >= 0.6 is 24.0 Å². The maximum atomic E-state index is 10.9. The molecule has 0 unspecified atom stereocenters. The molecule has 1 aromatic rings. The Kier molecular flexibility index (Phi) is 3.47. The SMILES string of the molecule is Cc1cc(C(N)=O)nc(C2CC2)c1.I.[HH].